The molecule has 0 bridgehead atoms. The number of anilines is 1. The lowest BCUT2D eigenvalue weighted by Crippen LogP contribution is -2.33. The molecule has 1 aromatic heterocycles. The van der Waals surface area contributed by atoms with Crippen LogP contribution in [-0.2, 0) is 10.8 Å². The zero-order valence-electron chi connectivity index (χ0n) is 10.9. The van der Waals surface area contributed by atoms with Crippen molar-refractivity contribution in [1.29, 1.82) is 0 Å². The minimum Gasteiger partial charge on any atom is -0.383 e. The van der Waals surface area contributed by atoms with E-state index in [1.165, 1.54) is 0 Å². The molecule has 1 rings (SSSR count). The van der Waals surface area contributed by atoms with Crippen molar-refractivity contribution in [2.24, 2.45) is 0 Å². The van der Waals surface area contributed by atoms with E-state index < -0.39 is 10.8 Å². The van der Waals surface area contributed by atoms with E-state index in [1.807, 2.05) is 13.8 Å². The first-order valence-electron chi connectivity index (χ1n) is 5.84. The number of rotatable bonds is 6. The zero-order valence-corrected chi connectivity index (χ0v) is 11.7. The second-order valence-corrected chi connectivity index (χ2v) is 5.77. The van der Waals surface area contributed by atoms with Gasteiger partial charge in [-0.25, -0.2) is 0 Å². The van der Waals surface area contributed by atoms with E-state index in [1.54, 1.807) is 24.7 Å². The Kier molecular flexibility index (Phi) is 5.77. The average Bonchev–Trinajstić information content (AvgIpc) is 2.36. The molecule has 1 heterocycles. The molecule has 0 saturated carbocycles. The third-order valence-electron chi connectivity index (χ3n) is 2.55. The summed E-state index contributed by atoms with van der Waals surface area (Å²) < 4.78 is 11.2. The topological polar surface area (TPSA) is 71.1 Å². The molecule has 2 N–H and O–H groups in total. The predicted molar refractivity (Wildman–Crippen MR) is 74.3 cm³/mol. The molecule has 0 spiro atoms. The van der Waals surface area contributed by atoms with Crippen molar-refractivity contribution in [2.75, 3.05) is 24.7 Å². The second kappa shape index (κ2) is 7.10. The molecule has 0 aliphatic rings. The summed E-state index contributed by atoms with van der Waals surface area (Å²) in [4.78, 5) is 16.0. The van der Waals surface area contributed by atoms with Gasteiger partial charge in [-0.2, -0.15) is 0 Å². The van der Waals surface area contributed by atoms with Gasteiger partial charge in [-0.05, 0) is 19.9 Å². The number of hydrogen-bond donors (Lipinski definition) is 2. The minimum atomic E-state index is -0.935. The van der Waals surface area contributed by atoms with Crippen molar-refractivity contribution < 1.29 is 9.00 Å². The summed E-state index contributed by atoms with van der Waals surface area (Å²) in [6.07, 6.45) is 4.84. The molecule has 0 aliphatic heterocycles. The van der Waals surface area contributed by atoms with Crippen LogP contribution in [0.25, 0.3) is 0 Å². The Labute approximate surface area is 110 Å². The molecule has 1 amide bonds. The monoisotopic (exact) mass is 269 g/mol. The molecule has 0 fully saturated rings. The van der Waals surface area contributed by atoms with E-state index in [9.17, 15) is 9.00 Å². The Morgan fingerprint density at radius 1 is 1.56 bits per heavy atom. The van der Waals surface area contributed by atoms with Crippen LogP contribution in [0.3, 0.4) is 0 Å². The molecule has 1 aromatic rings. The molecule has 0 aliphatic carbocycles. The van der Waals surface area contributed by atoms with Gasteiger partial charge in [0.15, 0.2) is 0 Å². The number of nitrogens with one attached hydrogen (secondary N) is 2. The molecule has 6 heteroatoms. The Bertz CT molecular complexity index is 437. The molecule has 18 heavy (non-hydrogen) atoms. The van der Waals surface area contributed by atoms with Crippen LogP contribution in [0.15, 0.2) is 18.5 Å². The number of aromatic nitrogens is 1. The first-order chi connectivity index (χ1) is 8.56. The molecule has 0 aromatic carbocycles. The normalized spacial score (nSPS) is 13.7. The van der Waals surface area contributed by atoms with Crippen molar-refractivity contribution in [3.63, 3.8) is 0 Å². The Balaban J connectivity index is 2.69. The summed E-state index contributed by atoms with van der Waals surface area (Å²) in [5.74, 6) is -0.175. The SMILES string of the molecule is CCNc1cnccc1C(=O)NCC(C)S(C)=O. The fourth-order valence-electron chi connectivity index (χ4n) is 1.37. The van der Waals surface area contributed by atoms with Crippen LogP contribution in [0.1, 0.15) is 24.2 Å². The van der Waals surface area contributed by atoms with E-state index >= 15 is 0 Å². The number of carbonyl (C=O) groups is 1. The van der Waals surface area contributed by atoms with Crippen LogP contribution in [0.5, 0.6) is 0 Å². The third kappa shape index (κ3) is 4.10. The van der Waals surface area contributed by atoms with E-state index in [0.717, 1.165) is 6.54 Å². The van der Waals surface area contributed by atoms with Gasteiger partial charge in [-0.1, -0.05) is 0 Å². The molecular weight excluding hydrogens is 250 g/mol. The maximum atomic E-state index is 12.0. The zero-order chi connectivity index (χ0) is 13.5. The first kappa shape index (κ1) is 14.6. The van der Waals surface area contributed by atoms with Gasteiger partial charge in [0.1, 0.15) is 0 Å². The first-order valence-corrected chi connectivity index (χ1v) is 7.46. The lowest BCUT2D eigenvalue weighted by Gasteiger charge is -2.12. The van der Waals surface area contributed by atoms with Crippen LogP contribution in [0.2, 0.25) is 0 Å². The molecule has 2 atom stereocenters. The van der Waals surface area contributed by atoms with Crippen molar-refractivity contribution in [3.8, 4) is 0 Å². The average molecular weight is 269 g/mol. The fourth-order valence-corrected chi connectivity index (χ4v) is 1.69. The van der Waals surface area contributed by atoms with E-state index in [0.29, 0.717) is 17.8 Å². The summed E-state index contributed by atoms with van der Waals surface area (Å²) >= 11 is 0. The van der Waals surface area contributed by atoms with Crippen LogP contribution in [-0.4, -0.2) is 39.7 Å². The predicted octanol–water partition coefficient (Wildman–Crippen LogP) is 1.01. The molecule has 0 saturated heterocycles. The quantitative estimate of drug-likeness (QED) is 0.808. The van der Waals surface area contributed by atoms with Gasteiger partial charge in [0.05, 0.1) is 17.4 Å². The summed E-state index contributed by atoms with van der Waals surface area (Å²) in [6.45, 7) is 4.92. The van der Waals surface area contributed by atoms with Crippen LogP contribution < -0.4 is 10.6 Å². The maximum Gasteiger partial charge on any atom is 0.253 e. The van der Waals surface area contributed by atoms with Crippen LogP contribution >= 0.6 is 0 Å². The van der Waals surface area contributed by atoms with Gasteiger partial charge in [-0.3, -0.25) is 14.0 Å². The summed E-state index contributed by atoms with van der Waals surface area (Å²) in [5.41, 5.74) is 1.27. The van der Waals surface area contributed by atoms with Gasteiger partial charge in [0.25, 0.3) is 5.91 Å². The lowest BCUT2D eigenvalue weighted by atomic mass is 10.2. The Morgan fingerprint density at radius 3 is 2.89 bits per heavy atom. The number of pyridine rings is 1. The summed E-state index contributed by atoms with van der Waals surface area (Å²) in [6, 6.07) is 1.67. The third-order valence-corrected chi connectivity index (χ3v) is 3.85. The Hall–Kier alpha value is -1.43. The van der Waals surface area contributed by atoms with E-state index in [2.05, 4.69) is 15.6 Å². The molecule has 5 nitrogen and oxygen atoms in total. The van der Waals surface area contributed by atoms with Gasteiger partial charge >= 0.3 is 0 Å². The summed E-state index contributed by atoms with van der Waals surface area (Å²) in [7, 11) is -0.935. The highest BCUT2D eigenvalue weighted by Crippen LogP contribution is 2.12. The van der Waals surface area contributed by atoms with Gasteiger partial charge in [0, 0.05) is 41.6 Å². The standard InChI is InChI=1S/C12H19N3O2S/c1-4-14-11-8-13-6-5-10(11)12(16)15-7-9(2)18(3)17/h5-6,8-9,14H,4,7H2,1-3H3,(H,15,16). The van der Waals surface area contributed by atoms with Crippen LogP contribution in [0.4, 0.5) is 5.69 Å². The van der Waals surface area contributed by atoms with Crippen molar-refractivity contribution in [2.45, 2.75) is 19.1 Å². The van der Waals surface area contributed by atoms with E-state index in [-0.39, 0.29) is 11.2 Å². The highest BCUT2D eigenvalue weighted by Gasteiger charge is 2.13. The molecule has 2 unspecified atom stereocenters. The summed E-state index contributed by atoms with van der Waals surface area (Å²) in [5, 5.41) is 5.81. The number of amides is 1. The van der Waals surface area contributed by atoms with Gasteiger partial charge < -0.3 is 10.6 Å². The second-order valence-electron chi connectivity index (χ2n) is 3.97. The lowest BCUT2D eigenvalue weighted by molar-refractivity contribution is 0.0955. The molecular formula is C12H19N3O2S. The number of carbonyl (C=O) groups excluding carboxylic acids is 1. The largest absolute Gasteiger partial charge is 0.383 e. The van der Waals surface area contributed by atoms with Gasteiger partial charge in [-0.15, -0.1) is 0 Å². The number of hydrogen-bond acceptors (Lipinski definition) is 4. The minimum absolute atomic E-state index is 0.0571. The highest BCUT2D eigenvalue weighted by molar-refractivity contribution is 7.84. The van der Waals surface area contributed by atoms with Crippen molar-refractivity contribution in [1.82, 2.24) is 10.3 Å². The number of nitrogens with zero attached hydrogens (tertiary/aromatic N) is 1. The maximum absolute atomic E-state index is 12.0. The van der Waals surface area contributed by atoms with Crippen molar-refractivity contribution >= 4 is 22.4 Å². The Morgan fingerprint density at radius 2 is 2.28 bits per heavy atom. The highest BCUT2D eigenvalue weighted by atomic mass is 32.2. The van der Waals surface area contributed by atoms with Gasteiger partial charge in [0.2, 0.25) is 0 Å². The van der Waals surface area contributed by atoms with E-state index in [4.69, 9.17) is 0 Å². The van der Waals surface area contributed by atoms with Crippen LogP contribution in [0, 0.1) is 0 Å². The fraction of sp³-hybridized carbons (Fsp3) is 0.500. The van der Waals surface area contributed by atoms with Crippen molar-refractivity contribution in [3.05, 3.63) is 24.0 Å². The molecule has 0 radical (unpaired) electrons. The smallest absolute Gasteiger partial charge is 0.253 e. The molecule has 100 valence electrons.